The molecule has 0 saturated carbocycles. The summed E-state index contributed by atoms with van der Waals surface area (Å²) in [7, 11) is 0. The van der Waals surface area contributed by atoms with Crippen LogP contribution in [-0.2, 0) is 12.3 Å². The van der Waals surface area contributed by atoms with Crippen LogP contribution in [0.3, 0.4) is 0 Å². The van der Waals surface area contributed by atoms with E-state index in [1.54, 1.807) is 12.1 Å². The summed E-state index contributed by atoms with van der Waals surface area (Å²) in [6, 6.07) is 5.09. The molecule has 0 spiro atoms. The van der Waals surface area contributed by atoms with Gasteiger partial charge in [0.2, 0.25) is 0 Å². The van der Waals surface area contributed by atoms with E-state index in [2.05, 4.69) is 21.2 Å². The molecular formula is C10H10BrF2N. The van der Waals surface area contributed by atoms with Crippen molar-refractivity contribution in [2.45, 2.75) is 12.3 Å². The van der Waals surface area contributed by atoms with E-state index < -0.39 is 5.92 Å². The highest BCUT2D eigenvalue weighted by atomic mass is 79.9. The van der Waals surface area contributed by atoms with Crippen molar-refractivity contribution in [3.05, 3.63) is 33.8 Å². The van der Waals surface area contributed by atoms with E-state index in [0.717, 1.165) is 5.56 Å². The Morgan fingerprint density at radius 3 is 2.93 bits per heavy atom. The van der Waals surface area contributed by atoms with Crippen molar-refractivity contribution in [2.24, 2.45) is 0 Å². The van der Waals surface area contributed by atoms with E-state index in [4.69, 9.17) is 0 Å². The molecule has 0 radical (unpaired) electrons. The minimum atomic E-state index is -2.75. The second-order valence-electron chi connectivity index (χ2n) is 3.43. The molecular weight excluding hydrogens is 252 g/mol. The molecule has 0 unspecified atom stereocenters. The Balaban J connectivity index is 2.52. The molecule has 76 valence electrons. The highest BCUT2D eigenvalue weighted by molar-refractivity contribution is 9.10. The molecule has 0 bridgehead atoms. The van der Waals surface area contributed by atoms with Crippen molar-refractivity contribution in [3.63, 3.8) is 0 Å². The van der Waals surface area contributed by atoms with E-state index >= 15 is 0 Å². The number of hydrogen-bond donors (Lipinski definition) is 1. The minimum absolute atomic E-state index is 0.150. The quantitative estimate of drug-likeness (QED) is 0.758. The topological polar surface area (TPSA) is 12.0 Å². The van der Waals surface area contributed by atoms with Crippen LogP contribution in [0.4, 0.5) is 8.78 Å². The summed E-state index contributed by atoms with van der Waals surface area (Å²) in [4.78, 5) is 0. The Morgan fingerprint density at radius 1 is 1.36 bits per heavy atom. The molecule has 0 saturated heterocycles. The second kappa shape index (κ2) is 3.59. The summed E-state index contributed by atoms with van der Waals surface area (Å²) in [5, 5.41) is 2.74. The maximum Gasteiger partial charge on any atom is 0.285 e. The van der Waals surface area contributed by atoms with Crippen LogP contribution in [0.2, 0.25) is 0 Å². The molecule has 1 nitrogen and oxygen atoms in total. The fourth-order valence-corrected chi connectivity index (χ4v) is 2.03. The third-order valence-corrected chi connectivity index (χ3v) is 2.88. The molecule has 4 heteroatoms. The number of benzene rings is 1. The molecule has 1 N–H and O–H groups in total. The summed E-state index contributed by atoms with van der Waals surface area (Å²) in [5.41, 5.74) is 0.889. The largest absolute Gasteiger partial charge is 0.311 e. The Labute approximate surface area is 89.6 Å². The first-order chi connectivity index (χ1) is 6.59. The van der Waals surface area contributed by atoms with Gasteiger partial charge in [-0.3, -0.25) is 0 Å². The SMILES string of the molecule is FC1(F)CNCCc2ccc(Br)cc21. The summed E-state index contributed by atoms with van der Waals surface area (Å²) < 4.78 is 27.8. The van der Waals surface area contributed by atoms with Gasteiger partial charge >= 0.3 is 0 Å². The van der Waals surface area contributed by atoms with E-state index in [9.17, 15) is 8.78 Å². The van der Waals surface area contributed by atoms with Crippen molar-refractivity contribution in [3.8, 4) is 0 Å². The highest BCUT2D eigenvalue weighted by Gasteiger charge is 2.35. The van der Waals surface area contributed by atoms with Gasteiger partial charge in [-0.2, -0.15) is 8.78 Å². The first kappa shape index (κ1) is 10.1. The van der Waals surface area contributed by atoms with E-state index in [0.29, 0.717) is 17.4 Å². The van der Waals surface area contributed by atoms with Gasteiger partial charge in [-0.25, -0.2) is 0 Å². The van der Waals surface area contributed by atoms with Gasteiger partial charge in [0.25, 0.3) is 5.92 Å². The highest BCUT2D eigenvalue weighted by Crippen LogP contribution is 2.33. The van der Waals surface area contributed by atoms with Crippen molar-refractivity contribution in [2.75, 3.05) is 13.1 Å². The number of rotatable bonds is 0. The van der Waals surface area contributed by atoms with Gasteiger partial charge in [0, 0.05) is 10.0 Å². The van der Waals surface area contributed by atoms with Crippen LogP contribution in [0, 0.1) is 0 Å². The molecule has 0 amide bonds. The lowest BCUT2D eigenvalue weighted by Crippen LogP contribution is -2.28. The van der Waals surface area contributed by atoms with Gasteiger partial charge in [-0.1, -0.05) is 22.0 Å². The first-order valence-electron chi connectivity index (χ1n) is 4.47. The molecule has 0 atom stereocenters. The van der Waals surface area contributed by atoms with Crippen molar-refractivity contribution in [1.29, 1.82) is 0 Å². The van der Waals surface area contributed by atoms with Gasteiger partial charge in [-0.15, -0.1) is 0 Å². The Hall–Kier alpha value is -0.480. The standard InChI is InChI=1S/C10H10BrF2N/c11-8-2-1-7-3-4-14-6-10(12,13)9(7)5-8/h1-2,5,14H,3-4,6H2. The zero-order valence-electron chi connectivity index (χ0n) is 7.49. The van der Waals surface area contributed by atoms with Crippen molar-refractivity contribution in [1.82, 2.24) is 5.32 Å². The van der Waals surface area contributed by atoms with Gasteiger partial charge < -0.3 is 5.32 Å². The predicted octanol–water partition coefficient (Wildman–Crippen LogP) is 2.69. The van der Waals surface area contributed by atoms with Gasteiger partial charge in [0.15, 0.2) is 0 Å². The molecule has 2 rings (SSSR count). The molecule has 1 aromatic rings. The number of nitrogens with one attached hydrogen (secondary N) is 1. The fourth-order valence-electron chi connectivity index (χ4n) is 1.67. The van der Waals surface area contributed by atoms with Crippen molar-refractivity contribution < 1.29 is 8.78 Å². The summed E-state index contributed by atoms with van der Waals surface area (Å²) >= 11 is 3.21. The van der Waals surface area contributed by atoms with E-state index in [-0.39, 0.29) is 12.1 Å². The van der Waals surface area contributed by atoms with Gasteiger partial charge in [0.1, 0.15) is 0 Å². The Bertz CT molecular complexity index is 352. The molecule has 14 heavy (non-hydrogen) atoms. The lowest BCUT2D eigenvalue weighted by atomic mass is 10.0. The average molecular weight is 262 g/mol. The van der Waals surface area contributed by atoms with Crippen LogP contribution >= 0.6 is 15.9 Å². The average Bonchev–Trinajstić information content (AvgIpc) is 2.26. The number of alkyl halides is 2. The number of halogens is 3. The molecule has 1 aromatic carbocycles. The number of hydrogen-bond acceptors (Lipinski definition) is 1. The summed E-state index contributed by atoms with van der Waals surface area (Å²) in [6.07, 6.45) is 0.665. The van der Waals surface area contributed by atoms with Crippen LogP contribution in [-0.4, -0.2) is 13.1 Å². The van der Waals surface area contributed by atoms with E-state index in [1.165, 1.54) is 6.07 Å². The van der Waals surface area contributed by atoms with Crippen LogP contribution in [0.25, 0.3) is 0 Å². The third-order valence-electron chi connectivity index (χ3n) is 2.38. The van der Waals surface area contributed by atoms with Crippen LogP contribution < -0.4 is 5.32 Å². The lowest BCUT2D eigenvalue weighted by Gasteiger charge is -2.16. The van der Waals surface area contributed by atoms with Gasteiger partial charge in [-0.05, 0) is 30.7 Å². The smallest absolute Gasteiger partial charge is 0.285 e. The Morgan fingerprint density at radius 2 is 2.14 bits per heavy atom. The fraction of sp³-hybridized carbons (Fsp3) is 0.400. The predicted molar refractivity (Wildman–Crippen MR) is 54.6 cm³/mol. The number of fused-ring (bicyclic) bond motifs is 1. The zero-order chi connectivity index (χ0) is 10.2. The second-order valence-corrected chi connectivity index (χ2v) is 4.35. The molecule has 1 aliphatic rings. The van der Waals surface area contributed by atoms with Crippen LogP contribution in [0.15, 0.2) is 22.7 Å². The molecule has 1 heterocycles. The third kappa shape index (κ3) is 1.81. The van der Waals surface area contributed by atoms with Crippen molar-refractivity contribution >= 4 is 15.9 Å². The maximum absolute atomic E-state index is 13.6. The lowest BCUT2D eigenvalue weighted by molar-refractivity contribution is -0.000967. The molecule has 0 fully saturated rings. The summed E-state index contributed by atoms with van der Waals surface area (Å²) in [5.74, 6) is -2.75. The van der Waals surface area contributed by atoms with Crippen LogP contribution in [0.1, 0.15) is 11.1 Å². The zero-order valence-corrected chi connectivity index (χ0v) is 9.07. The van der Waals surface area contributed by atoms with E-state index in [1.807, 2.05) is 0 Å². The monoisotopic (exact) mass is 261 g/mol. The normalized spacial score (nSPS) is 19.9. The van der Waals surface area contributed by atoms with Gasteiger partial charge in [0.05, 0.1) is 6.54 Å². The van der Waals surface area contributed by atoms with Crippen LogP contribution in [0.5, 0.6) is 0 Å². The Kier molecular flexibility index (Phi) is 2.58. The molecule has 1 aliphatic heterocycles. The first-order valence-corrected chi connectivity index (χ1v) is 5.26. The minimum Gasteiger partial charge on any atom is -0.311 e. The maximum atomic E-state index is 13.6. The molecule has 0 aromatic heterocycles. The summed E-state index contributed by atoms with van der Waals surface area (Å²) in [6.45, 7) is 0.348. The molecule has 0 aliphatic carbocycles.